The fourth-order valence-corrected chi connectivity index (χ4v) is 3.53. The second kappa shape index (κ2) is 8.24. The molecule has 0 aliphatic carbocycles. The number of anilines is 2. The number of halogens is 3. The number of aromatic nitrogens is 1. The molecule has 3 rings (SSSR count). The van der Waals surface area contributed by atoms with E-state index in [1.54, 1.807) is 13.8 Å². The third-order valence-electron chi connectivity index (χ3n) is 5.08. The van der Waals surface area contributed by atoms with Gasteiger partial charge in [-0.2, -0.15) is 13.2 Å². The van der Waals surface area contributed by atoms with Crippen LogP contribution in [0.25, 0.3) is 0 Å². The van der Waals surface area contributed by atoms with Crippen molar-refractivity contribution in [3.63, 3.8) is 0 Å². The van der Waals surface area contributed by atoms with Crippen LogP contribution in [-0.4, -0.2) is 24.2 Å². The van der Waals surface area contributed by atoms with Gasteiger partial charge >= 0.3 is 6.18 Å². The molecule has 0 radical (unpaired) electrons. The summed E-state index contributed by atoms with van der Waals surface area (Å²) in [6.07, 6.45) is -0.822. The van der Waals surface area contributed by atoms with E-state index >= 15 is 0 Å². The molecule has 1 aliphatic rings. The number of hydrogen-bond acceptors (Lipinski definition) is 4. The Kier molecular flexibility index (Phi) is 5.96. The van der Waals surface area contributed by atoms with Gasteiger partial charge in [0, 0.05) is 25.1 Å². The SMILES string of the molecule is Cc1noc(C)c1CCC(=O)Nc1cc(C(F)(F)F)ccc1N1CCCCC1. The van der Waals surface area contributed by atoms with Gasteiger partial charge in [0.05, 0.1) is 22.6 Å². The third-order valence-corrected chi connectivity index (χ3v) is 5.08. The lowest BCUT2D eigenvalue weighted by atomic mass is 10.1. The van der Waals surface area contributed by atoms with E-state index in [0.717, 1.165) is 55.7 Å². The van der Waals surface area contributed by atoms with E-state index in [9.17, 15) is 18.0 Å². The van der Waals surface area contributed by atoms with Crippen LogP contribution in [0.4, 0.5) is 24.5 Å². The summed E-state index contributed by atoms with van der Waals surface area (Å²) in [5, 5.41) is 6.54. The number of hydrogen-bond donors (Lipinski definition) is 1. The first-order valence-corrected chi connectivity index (χ1v) is 9.43. The average molecular weight is 395 g/mol. The third kappa shape index (κ3) is 4.66. The van der Waals surface area contributed by atoms with Crippen molar-refractivity contribution >= 4 is 17.3 Å². The Balaban J connectivity index is 1.78. The Bertz CT molecular complexity index is 820. The van der Waals surface area contributed by atoms with Crippen LogP contribution < -0.4 is 10.2 Å². The van der Waals surface area contributed by atoms with E-state index in [4.69, 9.17) is 4.52 Å². The molecule has 1 N–H and O–H groups in total. The van der Waals surface area contributed by atoms with E-state index in [1.807, 2.05) is 4.90 Å². The number of aryl methyl sites for hydroxylation is 2. The number of amides is 1. The summed E-state index contributed by atoms with van der Waals surface area (Å²) < 4.78 is 44.6. The van der Waals surface area contributed by atoms with Gasteiger partial charge < -0.3 is 14.7 Å². The van der Waals surface area contributed by atoms with Crippen molar-refractivity contribution in [2.75, 3.05) is 23.3 Å². The molecular weight excluding hydrogens is 371 g/mol. The van der Waals surface area contributed by atoms with E-state index in [-0.39, 0.29) is 18.0 Å². The first-order valence-electron chi connectivity index (χ1n) is 9.43. The summed E-state index contributed by atoms with van der Waals surface area (Å²) in [7, 11) is 0. The normalized spacial score (nSPS) is 15.0. The predicted molar refractivity (Wildman–Crippen MR) is 100 cm³/mol. The zero-order valence-corrected chi connectivity index (χ0v) is 16.0. The summed E-state index contributed by atoms with van der Waals surface area (Å²) in [6, 6.07) is 3.55. The number of carbonyl (C=O) groups excluding carboxylic acids is 1. The van der Waals surface area contributed by atoms with Crippen LogP contribution in [0.1, 0.15) is 48.3 Å². The van der Waals surface area contributed by atoms with E-state index in [0.29, 0.717) is 17.9 Å². The lowest BCUT2D eigenvalue weighted by Crippen LogP contribution is -2.30. The molecule has 0 saturated carbocycles. The van der Waals surface area contributed by atoms with Crippen LogP contribution in [-0.2, 0) is 17.4 Å². The smallest absolute Gasteiger partial charge is 0.370 e. The molecule has 5 nitrogen and oxygen atoms in total. The standard InChI is InChI=1S/C20H24F3N3O2/c1-13-16(14(2)28-25-13)7-9-19(27)24-17-12-15(20(21,22)23)6-8-18(17)26-10-4-3-5-11-26/h6,8,12H,3-5,7,9-11H2,1-2H3,(H,24,27). The van der Waals surface area contributed by atoms with Crippen molar-refractivity contribution in [1.29, 1.82) is 0 Å². The number of benzene rings is 1. The van der Waals surface area contributed by atoms with Crippen molar-refractivity contribution in [2.45, 2.75) is 52.1 Å². The molecule has 0 bridgehead atoms. The molecule has 2 aromatic rings. The molecule has 2 heterocycles. The van der Waals surface area contributed by atoms with Crippen molar-refractivity contribution in [1.82, 2.24) is 5.16 Å². The zero-order valence-electron chi connectivity index (χ0n) is 16.0. The summed E-state index contributed by atoms with van der Waals surface area (Å²) in [4.78, 5) is 14.5. The zero-order chi connectivity index (χ0) is 20.3. The average Bonchev–Trinajstić information content (AvgIpc) is 2.98. The summed E-state index contributed by atoms with van der Waals surface area (Å²) in [6.45, 7) is 5.11. The molecule has 1 fully saturated rings. The molecule has 0 unspecified atom stereocenters. The number of piperidine rings is 1. The largest absolute Gasteiger partial charge is 0.416 e. The number of nitrogens with zero attached hydrogens (tertiary/aromatic N) is 2. The van der Waals surface area contributed by atoms with E-state index in [2.05, 4.69) is 10.5 Å². The Morgan fingerprint density at radius 2 is 1.93 bits per heavy atom. The van der Waals surface area contributed by atoms with E-state index in [1.165, 1.54) is 6.07 Å². The summed E-state index contributed by atoms with van der Waals surface area (Å²) in [5.41, 5.74) is 1.65. The van der Waals surface area contributed by atoms with Gasteiger partial charge in [-0.05, 0) is 57.7 Å². The summed E-state index contributed by atoms with van der Waals surface area (Å²) >= 11 is 0. The molecular formula is C20H24F3N3O2. The molecule has 152 valence electrons. The highest BCUT2D eigenvalue weighted by Gasteiger charge is 2.32. The van der Waals surface area contributed by atoms with Crippen LogP contribution in [0, 0.1) is 13.8 Å². The fourth-order valence-electron chi connectivity index (χ4n) is 3.53. The lowest BCUT2D eigenvalue weighted by Gasteiger charge is -2.31. The van der Waals surface area contributed by atoms with Gasteiger partial charge in [-0.3, -0.25) is 4.79 Å². The molecule has 1 aromatic carbocycles. The number of alkyl halides is 3. The van der Waals surface area contributed by atoms with Gasteiger partial charge in [-0.25, -0.2) is 0 Å². The maximum Gasteiger partial charge on any atom is 0.416 e. The molecule has 1 amide bonds. The maximum absolute atomic E-state index is 13.2. The first-order chi connectivity index (χ1) is 13.3. The van der Waals surface area contributed by atoms with Crippen molar-refractivity contribution < 1.29 is 22.5 Å². The van der Waals surface area contributed by atoms with E-state index < -0.39 is 11.7 Å². The van der Waals surface area contributed by atoms with Crippen molar-refractivity contribution in [2.24, 2.45) is 0 Å². The second-order valence-electron chi connectivity index (χ2n) is 7.13. The molecule has 0 atom stereocenters. The Hall–Kier alpha value is -2.51. The minimum Gasteiger partial charge on any atom is -0.370 e. The molecule has 1 aliphatic heterocycles. The van der Waals surface area contributed by atoms with Crippen LogP contribution in [0.15, 0.2) is 22.7 Å². The van der Waals surface area contributed by atoms with Gasteiger partial charge in [0.25, 0.3) is 0 Å². The monoisotopic (exact) mass is 395 g/mol. The van der Waals surface area contributed by atoms with Crippen molar-refractivity contribution in [3.05, 3.63) is 40.8 Å². The predicted octanol–water partition coefficient (Wildman–Crippen LogP) is 4.87. The molecule has 1 aromatic heterocycles. The Labute approximate surface area is 161 Å². The minimum atomic E-state index is -4.46. The fraction of sp³-hybridized carbons (Fsp3) is 0.500. The van der Waals surface area contributed by atoms with Gasteiger partial charge in [-0.1, -0.05) is 5.16 Å². The maximum atomic E-state index is 13.2. The highest BCUT2D eigenvalue weighted by atomic mass is 19.4. The van der Waals surface area contributed by atoms with Gasteiger partial charge in [0.1, 0.15) is 5.76 Å². The number of nitrogens with one attached hydrogen (secondary N) is 1. The highest BCUT2D eigenvalue weighted by Crippen LogP contribution is 2.36. The highest BCUT2D eigenvalue weighted by molar-refractivity contribution is 5.94. The number of carbonyl (C=O) groups is 1. The van der Waals surface area contributed by atoms with Crippen molar-refractivity contribution in [3.8, 4) is 0 Å². The van der Waals surface area contributed by atoms with Crippen LogP contribution in [0.5, 0.6) is 0 Å². The van der Waals surface area contributed by atoms with Crippen LogP contribution in [0.3, 0.4) is 0 Å². The topological polar surface area (TPSA) is 58.4 Å². The molecule has 8 heteroatoms. The van der Waals surface area contributed by atoms with Crippen LogP contribution in [0.2, 0.25) is 0 Å². The quantitative estimate of drug-likeness (QED) is 0.785. The second-order valence-corrected chi connectivity index (χ2v) is 7.13. The van der Waals surface area contributed by atoms with Crippen LogP contribution >= 0.6 is 0 Å². The van der Waals surface area contributed by atoms with Gasteiger partial charge in [0.15, 0.2) is 0 Å². The van der Waals surface area contributed by atoms with Gasteiger partial charge in [0.2, 0.25) is 5.91 Å². The summed E-state index contributed by atoms with van der Waals surface area (Å²) in [5.74, 6) is 0.316. The Morgan fingerprint density at radius 1 is 1.21 bits per heavy atom. The first kappa shape index (κ1) is 20.2. The minimum absolute atomic E-state index is 0.137. The van der Waals surface area contributed by atoms with Gasteiger partial charge in [-0.15, -0.1) is 0 Å². The lowest BCUT2D eigenvalue weighted by molar-refractivity contribution is -0.137. The number of rotatable bonds is 5. The molecule has 0 spiro atoms. The Morgan fingerprint density at radius 3 is 2.54 bits per heavy atom. The molecule has 1 saturated heterocycles. The molecule has 28 heavy (non-hydrogen) atoms.